The first-order chi connectivity index (χ1) is 9.10. The number of nitrogens with one attached hydrogen (secondary N) is 1. The smallest absolute Gasteiger partial charge is 0.314 e. The molecule has 0 radical (unpaired) electrons. The molecule has 3 saturated heterocycles. The minimum atomic E-state index is -0.943. The van der Waals surface area contributed by atoms with Crippen molar-refractivity contribution in [2.45, 2.75) is 56.2 Å². The van der Waals surface area contributed by atoms with Crippen LogP contribution in [0.2, 0.25) is 0 Å². The van der Waals surface area contributed by atoms with Crippen molar-refractivity contribution in [3.8, 4) is 0 Å². The van der Waals surface area contributed by atoms with E-state index in [1.54, 1.807) is 0 Å². The van der Waals surface area contributed by atoms with E-state index in [9.17, 15) is 9.90 Å². The molecule has 2 atom stereocenters. The zero-order chi connectivity index (χ0) is 13.5. The number of hydrogen-bond acceptors (Lipinski definition) is 5. The Labute approximate surface area is 113 Å². The van der Waals surface area contributed by atoms with Gasteiger partial charge in [-0.15, -0.1) is 0 Å². The van der Waals surface area contributed by atoms with Crippen molar-refractivity contribution in [3.05, 3.63) is 0 Å². The normalized spacial score (nSPS) is 40.9. The molecule has 3 aliphatic heterocycles. The van der Waals surface area contributed by atoms with Crippen molar-refractivity contribution < 1.29 is 19.4 Å². The monoisotopic (exact) mass is 269 g/mol. The summed E-state index contributed by atoms with van der Waals surface area (Å²) in [5.74, 6) is -0.264. The van der Waals surface area contributed by atoms with E-state index in [2.05, 4.69) is 5.32 Å². The number of rotatable bonds is 2. The van der Waals surface area contributed by atoms with Crippen LogP contribution in [0, 0.1) is 5.41 Å². The molecule has 0 aromatic carbocycles. The third-order valence-corrected chi connectivity index (χ3v) is 5.32. The molecule has 3 rings (SSSR count). The minimum Gasteiger partial charge on any atom is -0.469 e. The van der Waals surface area contributed by atoms with E-state index in [1.165, 1.54) is 7.11 Å². The molecule has 2 N–H and O–H groups in total. The molecule has 19 heavy (non-hydrogen) atoms. The molecular weight excluding hydrogens is 246 g/mol. The summed E-state index contributed by atoms with van der Waals surface area (Å²) in [6, 6.07) is 0.682. The third-order valence-electron chi connectivity index (χ3n) is 5.32. The number of carbonyl (C=O) groups is 1. The summed E-state index contributed by atoms with van der Waals surface area (Å²) in [6.45, 7) is 1.06. The van der Waals surface area contributed by atoms with Crippen molar-refractivity contribution in [1.82, 2.24) is 5.32 Å². The topological polar surface area (TPSA) is 67.8 Å². The number of hydrogen-bond donors (Lipinski definition) is 2. The number of piperidine rings is 1. The quantitative estimate of drug-likeness (QED) is 0.719. The van der Waals surface area contributed by atoms with Crippen molar-refractivity contribution >= 4 is 5.97 Å². The molecule has 0 saturated carbocycles. The lowest BCUT2D eigenvalue weighted by molar-refractivity contribution is -0.194. The first kappa shape index (κ1) is 13.3. The van der Waals surface area contributed by atoms with Crippen LogP contribution in [0.25, 0.3) is 0 Å². The van der Waals surface area contributed by atoms with Crippen LogP contribution < -0.4 is 5.32 Å². The molecule has 0 aliphatic carbocycles. The SMILES string of the molecule is COC(=O)C1(C2(O)CC3CCC(C2)N3)CCOCC1. The van der Waals surface area contributed by atoms with Gasteiger partial charge in [0.05, 0.1) is 12.7 Å². The molecule has 2 bridgehead atoms. The summed E-state index contributed by atoms with van der Waals surface area (Å²) >= 11 is 0. The van der Waals surface area contributed by atoms with Gasteiger partial charge in [-0.2, -0.15) is 0 Å². The van der Waals surface area contributed by atoms with Gasteiger partial charge in [-0.25, -0.2) is 0 Å². The van der Waals surface area contributed by atoms with Crippen LogP contribution in [-0.4, -0.2) is 49.1 Å². The Hall–Kier alpha value is -0.650. The second-order valence-electron chi connectivity index (χ2n) is 6.26. The fourth-order valence-electron chi connectivity index (χ4n) is 4.29. The zero-order valence-corrected chi connectivity index (χ0v) is 11.5. The number of carbonyl (C=O) groups excluding carboxylic acids is 1. The molecule has 3 heterocycles. The summed E-state index contributed by atoms with van der Waals surface area (Å²) in [5, 5.41) is 14.7. The molecular formula is C14H23NO4. The zero-order valence-electron chi connectivity index (χ0n) is 11.5. The first-order valence-electron chi connectivity index (χ1n) is 7.24. The Kier molecular flexibility index (Phi) is 3.31. The van der Waals surface area contributed by atoms with E-state index in [1.807, 2.05) is 0 Å². The predicted molar refractivity (Wildman–Crippen MR) is 68.6 cm³/mol. The van der Waals surface area contributed by atoms with Crippen LogP contribution in [0.5, 0.6) is 0 Å². The molecule has 108 valence electrons. The molecule has 0 aromatic heterocycles. The number of ether oxygens (including phenoxy) is 2. The fourth-order valence-corrected chi connectivity index (χ4v) is 4.29. The van der Waals surface area contributed by atoms with E-state index in [0.29, 0.717) is 51.0 Å². The Balaban J connectivity index is 1.92. The fraction of sp³-hybridized carbons (Fsp3) is 0.929. The molecule has 0 spiro atoms. The van der Waals surface area contributed by atoms with Gasteiger partial charge in [0, 0.05) is 25.3 Å². The van der Waals surface area contributed by atoms with E-state index in [-0.39, 0.29) is 5.97 Å². The maximum atomic E-state index is 12.4. The van der Waals surface area contributed by atoms with Crippen molar-refractivity contribution in [3.63, 3.8) is 0 Å². The maximum absolute atomic E-state index is 12.4. The Bertz CT molecular complexity index is 352. The lowest BCUT2D eigenvalue weighted by Crippen LogP contribution is -2.62. The average Bonchev–Trinajstić information content (AvgIpc) is 2.78. The van der Waals surface area contributed by atoms with E-state index in [0.717, 1.165) is 12.8 Å². The second-order valence-corrected chi connectivity index (χ2v) is 6.26. The Morgan fingerprint density at radius 1 is 1.26 bits per heavy atom. The van der Waals surface area contributed by atoms with Crippen LogP contribution in [0.1, 0.15) is 38.5 Å². The van der Waals surface area contributed by atoms with Crippen molar-refractivity contribution in [2.75, 3.05) is 20.3 Å². The van der Waals surface area contributed by atoms with E-state index < -0.39 is 11.0 Å². The van der Waals surface area contributed by atoms with Crippen LogP contribution >= 0.6 is 0 Å². The standard InChI is InChI=1S/C14H23NO4/c1-18-12(16)13(4-6-19-7-5-13)14(17)8-10-2-3-11(9-14)15-10/h10-11,15,17H,2-9H2,1H3. The third kappa shape index (κ3) is 1.99. The lowest BCUT2D eigenvalue weighted by atomic mass is 9.61. The van der Waals surface area contributed by atoms with Crippen molar-refractivity contribution in [1.29, 1.82) is 0 Å². The molecule has 2 unspecified atom stereocenters. The summed E-state index contributed by atoms with van der Waals surface area (Å²) < 4.78 is 10.4. The van der Waals surface area contributed by atoms with Crippen LogP contribution in [0.4, 0.5) is 0 Å². The molecule has 5 heteroatoms. The van der Waals surface area contributed by atoms with Gasteiger partial charge in [0.2, 0.25) is 0 Å². The summed E-state index contributed by atoms with van der Waals surface area (Å²) in [5.41, 5.74) is -1.72. The lowest BCUT2D eigenvalue weighted by Gasteiger charge is -2.50. The minimum absolute atomic E-state index is 0.264. The predicted octanol–water partition coefficient (Wildman–Crippen LogP) is 0.602. The van der Waals surface area contributed by atoms with Gasteiger partial charge in [0.1, 0.15) is 5.41 Å². The highest BCUT2D eigenvalue weighted by atomic mass is 16.5. The van der Waals surface area contributed by atoms with Gasteiger partial charge >= 0.3 is 5.97 Å². The average molecular weight is 269 g/mol. The van der Waals surface area contributed by atoms with Gasteiger partial charge in [-0.3, -0.25) is 4.79 Å². The van der Waals surface area contributed by atoms with Gasteiger partial charge < -0.3 is 19.9 Å². The highest BCUT2D eigenvalue weighted by Gasteiger charge is 2.60. The maximum Gasteiger partial charge on any atom is 0.314 e. The van der Waals surface area contributed by atoms with E-state index in [4.69, 9.17) is 9.47 Å². The van der Waals surface area contributed by atoms with Crippen molar-refractivity contribution in [2.24, 2.45) is 5.41 Å². The molecule has 3 fully saturated rings. The van der Waals surface area contributed by atoms with Crippen LogP contribution in [-0.2, 0) is 14.3 Å². The summed E-state index contributed by atoms with van der Waals surface area (Å²) in [7, 11) is 1.42. The van der Waals surface area contributed by atoms with Gasteiger partial charge in [-0.05, 0) is 38.5 Å². The van der Waals surface area contributed by atoms with Gasteiger partial charge in [0.25, 0.3) is 0 Å². The summed E-state index contributed by atoms with van der Waals surface area (Å²) in [4.78, 5) is 12.4. The van der Waals surface area contributed by atoms with Crippen LogP contribution in [0.15, 0.2) is 0 Å². The van der Waals surface area contributed by atoms with Gasteiger partial charge in [-0.1, -0.05) is 0 Å². The highest BCUT2D eigenvalue weighted by molar-refractivity contribution is 5.78. The van der Waals surface area contributed by atoms with E-state index >= 15 is 0 Å². The first-order valence-corrected chi connectivity index (χ1v) is 7.24. The Morgan fingerprint density at radius 3 is 2.37 bits per heavy atom. The molecule has 3 aliphatic rings. The number of fused-ring (bicyclic) bond motifs is 2. The number of methoxy groups -OCH3 is 1. The van der Waals surface area contributed by atoms with Gasteiger partial charge in [0.15, 0.2) is 0 Å². The largest absolute Gasteiger partial charge is 0.469 e. The highest BCUT2D eigenvalue weighted by Crippen LogP contribution is 2.50. The molecule has 5 nitrogen and oxygen atoms in total. The Morgan fingerprint density at radius 2 is 1.84 bits per heavy atom. The number of aliphatic hydroxyl groups is 1. The number of esters is 1. The second kappa shape index (κ2) is 4.72. The molecule has 0 amide bonds. The summed E-state index contributed by atoms with van der Waals surface area (Å²) in [6.07, 6.45) is 4.63. The molecule has 0 aromatic rings. The van der Waals surface area contributed by atoms with Crippen LogP contribution in [0.3, 0.4) is 0 Å².